The van der Waals surface area contributed by atoms with Crippen LogP contribution in [0.3, 0.4) is 0 Å². The van der Waals surface area contributed by atoms with Gasteiger partial charge in [0.1, 0.15) is 6.54 Å². The van der Waals surface area contributed by atoms with Gasteiger partial charge in [0.05, 0.1) is 4.92 Å². The molecule has 0 aliphatic rings. The SMILES string of the molecule is O=C(Cn1ccc2cc([N+](=O)[O-])ccc21)Nc1ccc2[nH]ccc2c1. The van der Waals surface area contributed by atoms with E-state index in [2.05, 4.69) is 10.3 Å². The number of non-ortho nitro benzene ring substituents is 1. The van der Waals surface area contributed by atoms with Gasteiger partial charge in [0, 0.05) is 52.0 Å². The van der Waals surface area contributed by atoms with Crippen molar-refractivity contribution < 1.29 is 9.72 Å². The number of fused-ring (bicyclic) bond motifs is 2. The van der Waals surface area contributed by atoms with Crippen LogP contribution in [-0.4, -0.2) is 20.4 Å². The van der Waals surface area contributed by atoms with Gasteiger partial charge in [-0.25, -0.2) is 0 Å². The van der Waals surface area contributed by atoms with Crippen molar-refractivity contribution in [3.05, 3.63) is 71.0 Å². The largest absolute Gasteiger partial charge is 0.361 e. The summed E-state index contributed by atoms with van der Waals surface area (Å²) in [6, 6.07) is 14.0. The first kappa shape index (κ1) is 14.9. The first-order valence-corrected chi connectivity index (χ1v) is 7.70. The van der Waals surface area contributed by atoms with Crippen molar-refractivity contribution in [1.82, 2.24) is 9.55 Å². The summed E-state index contributed by atoms with van der Waals surface area (Å²) in [5.74, 6) is -0.161. The Hall–Kier alpha value is -3.61. The summed E-state index contributed by atoms with van der Waals surface area (Å²) in [4.78, 5) is 25.8. The molecule has 0 radical (unpaired) electrons. The quantitative estimate of drug-likeness (QED) is 0.440. The third kappa shape index (κ3) is 2.83. The first-order chi connectivity index (χ1) is 12.1. The Kier molecular flexibility index (Phi) is 3.46. The normalized spacial score (nSPS) is 11.0. The number of nitrogens with zero attached hydrogens (tertiary/aromatic N) is 2. The summed E-state index contributed by atoms with van der Waals surface area (Å²) in [5, 5.41) is 15.5. The van der Waals surface area contributed by atoms with Crippen LogP contribution in [0.5, 0.6) is 0 Å². The lowest BCUT2D eigenvalue weighted by molar-refractivity contribution is -0.384. The number of anilines is 1. The fraction of sp³-hybridized carbons (Fsp3) is 0.0556. The molecule has 0 spiro atoms. The number of hydrogen-bond donors (Lipinski definition) is 2. The third-order valence-electron chi connectivity index (χ3n) is 4.12. The van der Waals surface area contributed by atoms with Crippen molar-refractivity contribution in [3.8, 4) is 0 Å². The zero-order valence-electron chi connectivity index (χ0n) is 13.1. The molecule has 4 aromatic rings. The Labute approximate surface area is 142 Å². The highest BCUT2D eigenvalue weighted by molar-refractivity contribution is 5.94. The van der Waals surface area contributed by atoms with Gasteiger partial charge in [-0.3, -0.25) is 14.9 Å². The molecule has 0 aliphatic carbocycles. The zero-order chi connectivity index (χ0) is 17.4. The Morgan fingerprint density at radius 3 is 2.84 bits per heavy atom. The maximum Gasteiger partial charge on any atom is 0.270 e. The minimum atomic E-state index is -0.430. The first-order valence-electron chi connectivity index (χ1n) is 7.70. The standard InChI is InChI=1S/C18H14N4O3/c23-18(20-14-1-3-16-12(9-14)5-7-19-16)11-21-8-6-13-10-15(22(24)25)2-4-17(13)21/h1-10,19H,11H2,(H,20,23). The third-order valence-corrected chi connectivity index (χ3v) is 4.12. The Bertz CT molecular complexity index is 1110. The molecule has 2 aromatic carbocycles. The van der Waals surface area contributed by atoms with E-state index in [4.69, 9.17) is 0 Å². The van der Waals surface area contributed by atoms with Crippen LogP contribution in [0.1, 0.15) is 0 Å². The van der Waals surface area contributed by atoms with Gasteiger partial charge >= 0.3 is 0 Å². The molecule has 0 unspecified atom stereocenters. The van der Waals surface area contributed by atoms with Crippen molar-refractivity contribution in [2.75, 3.05) is 5.32 Å². The van der Waals surface area contributed by atoms with Crippen LogP contribution < -0.4 is 5.32 Å². The average molecular weight is 334 g/mol. The van der Waals surface area contributed by atoms with Crippen molar-refractivity contribution in [1.29, 1.82) is 0 Å². The van der Waals surface area contributed by atoms with Gasteiger partial charge in [-0.2, -0.15) is 0 Å². The van der Waals surface area contributed by atoms with Gasteiger partial charge in [-0.05, 0) is 36.4 Å². The lowest BCUT2D eigenvalue weighted by Gasteiger charge is -2.08. The number of amides is 1. The number of aromatic amines is 1. The number of carbonyl (C=O) groups excluding carboxylic acids is 1. The van der Waals surface area contributed by atoms with Crippen molar-refractivity contribution in [2.45, 2.75) is 6.54 Å². The molecule has 0 atom stereocenters. The number of benzene rings is 2. The van der Waals surface area contributed by atoms with Gasteiger partial charge in [0.15, 0.2) is 0 Å². The van der Waals surface area contributed by atoms with E-state index in [1.807, 2.05) is 30.5 Å². The van der Waals surface area contributed by atoms with E-state index >= 15 is 0 Å². The maximum atomic E-state index is 12.3. The van der Waals surface area contributed by atoms with E-state index in [-0.39, 0.29) is 18.1 Å². The van der Waals surface area contributed by atoms with Gasteiger partial charge in [0.2, 0.25) is 5.91 Å². The molecule has 124 valence electrons. The second kappa shape index (κ2) is 5.79. The fourth-order valence-electron chi connectivity index (χ4n) is 2.93. The fourth-order valence-corrected chi connectivity index (χ4v) is 2.93. The highest BCUT2D eigenvalue weighted by atomic mass is 16.6. The Balaban J connectivity index is 1.54. The van der Waals surface area contributed by atoms with Crippen molar-refractivity contribution in [2.24, 2.45) is 0 Å². The summed E-state index contributed by atoms with van der Waals surface area (Å²) >= 11 is 0. The van der Waals surface area contributed by atoms with Gasteiger partial charge < -0.3 is 14.9 Å². The lowest BCUT2D eigenvalue weighted by Crippen LogP contribution is -2.18. The molecule has 0 fully saturated rings. The predicted molar refractivity (Wildman–Crippen MR) is 95.5 cm³/mol. The molecule has 1 amide bonds. The van der Waals surface area contributed by atoms with Gasteiger partial charge in [0.25, 0.3) is 5.69 Å². The number of nitrogens with one attached hydrogen (secondary N) is 2. The van der Waals surface area contributed by atoms with E-state index in [0.717, 1.165) is 27.5 Å². The van der Waals surface area contributed by atoms with Gasteiger partial charge in [-0.1, -0.05) is 0 Å². The van der Waals surface area contributed by atoms with Crippen LogP contribution in [0.15, 0.2) is 60.9 Å². The molecule has 0 saturated heterocycles. The molecule has 2 aromatic heterocycles. The Morgan fingerprint density at radius 1 is 1.12 bits per heavy atom. The Morgan fingerprint density at radius 2 is 2.00 bits per heavy atom. The second-order valence-electron chi connectivity index (χ2n) is 5.77. The number of H-pyrrole nitrogens is 1. The second-order valence-corrected chi connectivity index (χ2v) is 5.77. The molecule has 7 heteroatoms. The van der Waals surface area contributed by atoms with Crippen LogP contribution in [0.4, 0.5) is 11.4 Å². The molecular formula is C18H14N4O3. The molecular weight excluding hydrogens is 320 g/mol. The van der Waals surface area contributed by atoms with Crippen LogP contribution in [0.2, 0.25) is 0 Å². The smallest absolute Gasteiger partial charge is 0.270 e. The molecule has 4 rings (SSSR count). The molecule has 2 heterocycles. The molecule has 0 saturated carbocycles. The highest BCUT2D eigenvalue weighted by Crippen LogP contribution is 2.22. The minimum absolute atomic E-state index is 0.0366. The molecule has 7 nitrogen and oxygen atoms in total. The number of hydrogen-bond acceptors (Lipinski definition) is 3. The highest BCUT2D eigenvalue weighted by Gasteiger charge is 2.11. The van der Waals surface area contributed by atoms with E-state index in [1.165, 1.54) is 12.1 Å². The van der Waals surface area contributed by atoms with E-state index in [1.54, 1.807) is 22.9 Å². The molecule has 2 N–H and O–H groups in total. The summed E-state index contributed by atoms with van der Waals surface area (Å²) in [7, 11) is 0. The number of carbonyl (C=O) groups is 1. The monoisotopic (exact) mass is 334 g/mol. The summed E-state index contributed by atoms with van der Waals surface area (Å²) < 4.78 is 1.77. The topological polar surface area (TPSA) is 93.0 Å². The predicted octanol–water partition coefficient (Wildman–Crippen LogP) is 3.67. The van der Waals surface area contributed by atoms with Crippen LogP contribution in [0, 0.1) is 10.1 Å². The van der Waals surface area contributed by atoms with Crippen LogP contribution in [-0.2, 0) is 11.3 Å². The van der Waals surface area contributed by atoms with Crippen molar-refractivity contribution in [3.63, 3.8) is 0 Å². The minimum Gasteiger partial charge on any atom is -0.361 e. The molecule has 0 bridgehead atoms. The zero-order valence-corrected chi connectivity index (χ0v) is 13.1. The van der Waals surface area contributed by atoms with E-state index < -0.39 is 4.92 Å². The van der Waals surface area contributed by atoms with Crippen LogP contribution >= 0.6 is 0 Å². The number of nitro groups is 1. The van der Waals surface area contributed by atoms with E-state index in [9.17, 15) is 14.9 Å². The number of rotatable bonds is 4. The number of nitro benzene ring substituents is 1. The maximum absolute atomic E-state index is 12.3. The van der Waals surface area contributed by atoms with Crippen molar-refractivity contribution >= 4 is 39.1 Å². The van der Waals surface area contributed by atoms with E-state index in [0.29, 0.717) is 0 Å². The lowest BCUT2D eigenvalue weighted by atomic mass is 10.2. The average Bonchev–Trinajstić information content (AvgIpc) is 3.21. The number of aromatic nitrogens is 2. The summed E-state index contributed by atoms with van der Waals surface area (Å²) in [6.45, 7) is 0.131. The van der Waals surface area contributed by atoms with Crippen LogP contribution in [0.25, 0.3) is 21.8 Å². The summed E-state index contributed by atoms with van der Waals surface area (Å²) in [6.07, 6.45) is 3.60. The summed E-state index contributed by atoms with van der Waals surface area (Å²) in [5.41, 5.74) is 2.55. The molecule has 0 aliphatic heterocycles. The van der Waals surface area contributed by atoms with Gasteiger partial charge in [-0.15, -0.1) is 0 Å². The molecule has 25 heavy (non-hydrogen) atoms.